The Morgan fingerprint density at radius 2 is 2.29 bits per heavy atom. The molecule has 0 fully saturated rings. The van der Waals surface area contributed by atoms with Gasteiger partial charge in [0.2, 0.25) is 0 Å². The van der Waals surface area contributed by atoms with Gasteiger partial charge < -0.3 is 0 Å². The van der Waals surface area contributed by atoms with Gasteiger partial charge in [-0.25, -0.2) is 8.78 Å². The van der Waals surface area contributed by atoms with E-state index in [9.17, 15) is 8.78 Å². The largest absolute Gasteiger partial charge is 0.257 e. The van der Waals surface area contributed by atoms with Crippen LogP contribution in [0.1, 0.15) is 19.3 Å². The molecule has 0 heterocycles. The molecule has 0 N–H and O–H groups in total. The van der Waals surface area contributed by atoms with Crippen molar-refractivity contribution in [3.8, 4) is 0 Å². The lowest BCUT2D eigenvalue weighted by Gasteiger charge is -2.15. The second kappa shape index (κ2) is 4.77. The zero-order valence-electron chi connectivity index (χ0n) is 7.66. The zero-order valence-corrected chi connectivity index (χ0v) is 7.66. The number of allylic oxidation sites excluding steroid dienone is 4. The molecule has 0 radical (unpaired) electrons. The number of alkyl halides is 2. The van der Waals surface area contributed by atoms with Crippen molar-refractivity contribution in [1.82, 2.24) is 0 Å². The van der Waals surface area contributed by atoms with Gasteiger partial charge in [0.15, 0.2) is 0 Å². The first-order chi connectivity index (χ1) is 6.64. The fourth-order valence-electron chi connectivity index (χ4n) is 1.29. The zero-order chi connectivity index (χ0) is 10.4. The van der Waals surface area contributed by atoms with E-state index in [1.54, 1.807) is 12.2 Å². The standard InChI is InChI=1S/C9H11F2N3/c10-9(11,7-13-14-12)6-8-4-2-1-3-5-8/h2,4-5H,1,3,6-7H2. The number of hydrogen-bond donors (Lipinski definition) is 0. The quantitative estimate of drug-likeness (QED) is 0.377. The smallest absolute Gasteiger partial charge is 0.206 e. The molecule has 0 aromatic rings. The number of rotatable bonds is 4. The minimum atomic E-state index is -2.93. The summed E-state index contributed by atoms with van der Waals surface area (Å²) in [5.74, 6) is -2.93. The first-order valence-electron chi connectivity index (χ1n) is 4.38. The summed E-state index contributed by atoms with van der Waals surface area (Å²) in [5.41, 5.74) is 8.55. The Hall–Kier alpha value is -1.35. The van der Waals surface area contributed by atoms with Crippen LogP contribution in [-0.2, 0) is 0 Å². The van der Waals surface area contributed by atoms with E-state index in [2.05, 4.69) is 10.0 Å². The fourth-order valence-corrected chi connectivity index (χ4v) is 1.29. The molecule has 1 aliphatic rings. The lowest BCUT2D eigenvalue weighted by Crippen LogP contribution is -2.20. The highest BCUT2D eigenvalue weighted by atomic mass is 19.3. The summed E-state index contributed by atoms with van der Waals surface area (Å²) in [5, 5.41) is 2.89. The van der Waals surface area contributed by atoms with E-state index in [1.807, 2.05) is 6.08 Å². The van der Waals surface area contributed by atoms with Crippen LogP contribution in [0.25, 0.3) is 10.4 Å². The predicted molar refractivity (Wildman–Crippen MR) is 50.0 cm³/mol. The maximum atomic E-state index is 13.1. The van der Waals surface area contributed by atoms with E-state index in [0.717, 1.165) is 12.8 Å². The molecule has 5 heteroatoms. The Bertz CT molecular complexity index is 301. The van der Waals surface area contributed by atoms with Crippen LogP contribution in [0.2, 0.25) is 0 Å². The highest BCUT2D eigenvalue weighted by Gasteiger charge is 2.28. The second-order valence-corrected chi connectivity index (χ2v) is 3.18. The Kier molecular flexibility index (Phi) is 3.65. The molecule has 76 valence electrons. The van der Waals surface area contributed by atoms with Gasteiger partial charge in [0.05, 0.1) is 6.54 Å². The molecule has 0 saturated heterocycles. The third kappa shape index (κ3) is 3.58. The van der Waals surface area contributed by atoms with Gasteiger partial charge in [0.1, 0.15) is 0 Å². The summed E-state index contributed by atoms with van der Waals surface area (Å²) in [6.45, 7) is -0.769. The summed E-state index contributed by atoms with van der Waals surface area (Å²) in [6, 6.07) is 0. The van der Waals surface area contributed by atoms with E-state index >= 15 is 0 Å². The van der Waals surface area contributed by atoms with Crippen LogP contribution in [0.15, 0.2) is 28.9 Å². The lowest BCUT2D eigenvalue weighted by atomic mass is 10.0. The molecule has 1 rings (SSSR count). The van der Waals surface area contributed by atoms with E-state index in [0.29, 0.717) is 5.57 Å². The van der Waals surface area contributed by atoms with Crippen molar-refractivity contribution >= 4 is 0 Å². The first-order valence-corrected chi connectivity index (χ1v) is 4.38. The van der Waals surface area contributed by atoms with Crippen LogP contribution < -0.4 is 0 Å². The van der Waals surface area contributed by atoms with Crippen molar-refractivity contribution in [2.75, 3.05) is 6.54 Å². The van der Waals surface area contributed by atoms with Gasteiger partial charge >= 0.3 is 0 Å². The third-order valence-corrected chi connectivity index (χ3v) is 1.90. The van der Waals surface area contributed by atoms with Gasteiger partial charge in [-0.05, 0) is 23.9 Å². The van der Waals surface area contributed by atoms with Gasteiger partial charge in [0, 0.05) is 11.3 Å². The minimum absolute atomic E-state index is 0.345. The SMILES string of the molecule is [N-]=[N+]=NCC(F)(F)CC1=CCCC=C1. The molecule has 0 atom stereocenters. The molecule has 0 amide bonds. The maximum absolute atomic E-state index is 13.1. The maximum Gasteiger partial charge on any atom is 0.257 e. The molecular weight excluding hydrogens is 188 g/mol. The highest BCUT2D eigenvalue weighted by molar-refractivity contribution is 5.23. The summed E-state index contributed by atoms with van der Waals surface area (Å²) in [4.78, 5) is 2.32. The number of nitrogens with zero attached hydrogens (tertiary/aromatic N) is 3. The fraction of sp³-hybridized carbons (Fsp3) is 0.556. The molecule has 0 aliphatic heterocycles. The van der Waals surface area contributed by atoms with Crippen LogP contribution >= 0.6 is 0 Å². The number of hydrogen-bond acceptors (Lipinski definition) is 1. The Labute approximate surface area is 80.7 Å². The van der Waals surface area contributed by atoms with Crippen molar-refractivity contribution in [2.45, 2.75) is 25.2 Å². The van der Waals surface area contributed by atoms with Crippen molar-refractivity contribution in [1.29, 1.82) is 0 Å². The van der Waals surface area contributed by atoms with Crippen molar-refractivity contribution < 1.29 is 8.78 Å². The van der Waals surface area contributed by atoms with E-state index in [1.165, 1.54) is 0 Å². The first kappa shape index (κ1) is 10.7. The Morgan fingerprint density at radius 1 is 1.50 bits per heavy atom. The van der Waals surface area contributed by atoms with Crippen LogP contribution in [-0.4, -0.2) is 12.5 Å². The average Bonchev–Trinajstić information content (AvgIpc) is 2.16. The molecule has 1 aliphatic carbocycles. The summed E-state index contributed by atoms with van der Waals surface area (Å²) < 4.78 is 26.1. The molecule has 0 aromatic heterocycles. The molecule has 0 spiro atoms. The summed E-state index contributed by atoms with van der Waals surface area (Å²) in [6.07, 6.45) is 6.74. The third-order valence-electron chi connectivity index (χ3n) is 1.90. The summed E-state index contributed by atoms with van der Waals surface area (Å²) >= 11 is 0. The molecule has 0 saturated carbocycles. The molecular formula is C9H11F2N3. The van der Waals surface area contributed by atoms with Crippen LogP contribution in [0.3, 0.4) is 0 Å². The monoisotopic (exact) mass is 199 g/mol. The van der Waals surface area contributed by atoms with E-state index in [4.69, 9.17) is 5.53 Å². The topological polar surface area (TPSA) is 48.8 Å². The van der Waals surface area contributed by atoms with Crippen molar-refractivity contribution in [3.63, 3.8) is 0 Å². The van der Waals surface area contributed by atoms with Gasteiger partial charge in [-0.15, -0.1) is 0 Å². The normalized spacial score (nSPS) is 16.0. The predicted octanol–water partition coefficient (Wildman–Crippen LogP) is 3.60. The molecule has 3 nitrogen and oxygen atoms in total. The molecule has 14 heavy (non-hydrogen) atoms. The minimum Gasteiger partial charge on any atom is -0.206 e. The lowest BCUT2D eigenvalue weighted by molar-refractivity contribution is 0.0124. The van der Waals surface area contributed by atoms with Crippen molar-refractivity contribution in [2.24, 2.45) is 5.11 Å². The molecule has 0 unspecified atom stereocenters. The van der Waals surface area contributed by atoms with Gasteiger partial charge in [0.25, 0.3) is 5.92 Å². The Balaban J connectivity index is 2.53. The second-order valence-electron chi connectivity index (χ2n) is 3.18. The highest BCUT2D eigenvalue weighted by Crippen LogP contribution is 2.26. The Morgan fingerprint density at radius 3 is 2.86 bits per heavy atom. The average molecular weight is 199 g/mol. The van der Waals surface area contributed by atoms with E-state index < -0.39 is 12.5 Å². The number of halogens is 2. The van der Waals surface area contributed by atoms with Crippen LogP contribution in [0, 0.1) is 0 Å². The van der Waals surface area contributed by atoms with Crippen LogP contribution in [0.5, 0.6) is 0 Å². The van der Waals surface area contributed by atoms with E-state index in [-0.39, 0.29) is 6.42 Å². The van der Waals surface area contributed by atoms with Gasteiger partial charge in [-0.3, -0.25) is 0 Å². The molecule has 0 aromatic carbocycles. The molecule has 0 bridgehead atoms. The summed E-state index contributed by atoms with van der Waals surface area (Å²) in [7, 11) is 0. The van der Waals surface area contributed by atoms with Gasteiger partial charge in [-0.2, -0.15) is 0 Å². The van der Waals surface area contributed by atoms with Gasteiger partial charge in [-0.1, -0.05) is 23.3 Å². The van der Waals surface area contributed by atoms with Crippen molar-refractivity contribution in [3.05, 3.63) is 34.2 Å². The van der Waals surface area contributed by atoms with Crippen LogP contribution in [0.4, 0.5) is 8.78 Å². The number of azide groups is 1.